The van der Waals surface area contributed by atoms with E-state index in [9.17, 15) is 4.79 Å². The number of hydrogen-bond acceptors (Lipinski definition) is 6. The van der Waals surface area contributed by atoms with Crippen molar-refractivity contribution in [3.8, 4) is 17.2 Å². The molecule has 0 aliphatic heterocycles. The molecular weight excluding hydrogens is 310 g/mol. The molecule has 3 aromatic rings. The number of imidazole rings is 1. The Morgan fingerprint density at radius 1 is 1.33 bits per heavy atom. The van der Waals surface area contributed by atoms with Crippen molar-refractivity contribution >= 4 is 11.8 Å². The number of carbonyl (C=O) groups is 1. The van der Waals surface area contributed by atoms with Gasteiger partial charge in [0.2, 0.25) is 0 Å². The van der Waals surface area contributed by atoms with Gasteiger partial charge in [-0.1, -0.05) is 0 Å². The maximum absolute atomic E-state index is 11.7. The maximum atomic E-state index is 11.7. The van der Waals surface area contributed by atoms with Crippen LogP contribution in [0.25, 0.3) is 11.3 Å². The number of benzene rings is 1. The summed E-state index contributed by atoms with van der Waals surface area (Å²) in [4.78, 5) is 15.7. The van der Waals surface area contributed by atoms with Crippen LogP contribution >= 0.6 is 0 Å². The van der Waals surface area contributed by atoms with Crippen molar-refractivity contribution in [1.82, 2.24) is 20.0 Å². The molecule has 0 radical (unpaired) electrons. The number of nitrogens with zero attached hydrogens (tertiary/aromatic N) is 3. The summed E-state index contributed by atoms with van der Waals surface area (Å²) in [6, 6.07) is 8.67. The minimum atomic E-state index is -0.571. The van der Waals surface area contributed by atoms with Crippen LogP contribution < -0.4 is 15.8 Å². The first kappa shape index (κ1) is 15.6. The van der Waals surface area contributed by atoms with Crippen molar-refractivity contribution in [2.24, 2.45) is 0 Å². The second kappa shape index (κ2) is 7.32. The Labute approximate surface area is 138 Å². The van der Waals surface area contributed by atoms with Gasteiger partial charge in [-0.15, -0.1) is 0 Å². The number of carbonyl (C=O) groups excluding carboxylic acids is 1. The van der Waals surface area contributed by atoms with Gasteiger partial charge >= 0.3 is 6.09 Å². The van der Waals surface area contributed by atoms with Gasteiger partial charge in [-0.25, -0.2) is 9.78 Å². The van der Waals surface area contributed by atoms with Crippen molar-refractivity contribution in [2.45, 2.75) is 13.0 Å². The Kier molecular flexibility index (Phi) is 4.76. The van der Waals surface area contributed by atoms with Gasteiger partial charge in [0.25, 0.3) is 5.88 Å². The lowest BCUT2D eigenvalue weighted by molar-refractivity contribution is 0.195. The van der Waals surface area contributed by atoms with Crippen LogP contribution in [0.15, 0.2) is 53.6 Å². The molecule has 24 heavy (non-hydrogen) atoms. The van der Waals surface area contributed by atoms with Gasteiger partial charge in [0.15, 0.2) is 5.76 Å². The molecular formula is C16H17N5O3. The molecule has 0 atom stereocenters. The number of aryl methyl sites for hydroxylation is 1. The number of amides is 1. The van der Waals surface area contributed by atoms with Gasteiger partial charge in [0.05, 0.1) is 12.4 Å². The molecule has 0 unspecified atom stereocenters. The number of aromatic nitrogens is 3. The molecule has 0 fully saturated rings. The molecule has 2 aromatic heterocycles. The first-order valence-corrected chi connectivity index (χ1v) is 7.45. The zero-order valence-corrected chi connectivity index (χ0v) is 12.9. The van der Waals surface area contributed by atoms with Crippen LogP contribution in [0.5, 0.6) is 5.88 Å². The summed E-state index contributed by atoms with van der Waals surface area (Å²) >= 11 is 0. The molecule has 0 aliphatic carbocycles. The van der Waals surface area contributed by atoms with Crippen LogP contribution in [0.1, 0.15) is 6.42 Å². The first-order valence-electron chi connectivity index (χ1n) is 7.45. The molecule has 2 heterocycles. The SMILES string of the molecule is Nc1ccc(-c2cc(OC(=O)NCCCn3ccnc3)no2)cc1. The van der Waals surface area contributed by atoms with E-state index < -0.39 is 6.09 Å². The Morgan fingerprint density at radius 2 is 2.17 bits per heavy atom. The molecule has 0 spiro atoms. The molecule has 0 saturated heterocycles. The van der Waals surface area contributed by atoms with Crippen molar-refractivity contribution in [1.29, 1.82) is 0 Å². The fourth-order valence-corrected chi connectivity index (χ4v) is 2.09. The number of hydrogen-bond donors (Lipinski definition) is 2. The summed E-state index contributed by atoms with van der Waals surface area (Å²) in [5.41, 5.74) is 7.09. The fourth-order valence-electron chi connectivity index (χ4n) is 2.09. The number of nitrogen functional groups attached to an aromatic ring is 1. The van der Waals surface area contributed by atoms with Crippen LogP contribution in [0.4, 0.5) is 10.5 Å². The van der Waals surface area contributed by atoms with Gasteiger partial charge in [-0.2, -0.15) is 0 Å². The number of nitrogens with one attached hydrogen (secondary N) is 1. The van der Waals surface area contributed by atoms with Gasteiger partial charge in [-0.3, -0.25) is 0 Å². The lowest BCUT2D eigenvalue weighted by Gasteiger charge is -2.04. The largest absolute Gasteiger partial charge is 0.414 e. The first-order chi connectivity index (χ1) is 11.7. The normalized spacial score (nSPS) is 10.5. The zero-order chi connectivity index (χ0) is 16.8. The molecule has 8 nitrogen and oxygen atoms in total. The zero-order valence-electron chi connectivity index (χ0n) is 12.9. The molecule has 0 saturated carbocycles. The van der Waals surface area contributed by atoms with E-state index in [1.165, 1.54) is 0 Å². The van der Waals surface area contributed by atoms with E-state index in [0.29, 0.717) is 18.0 Å². The van der Waals surface area contributed by atoms with Crippen molar-refractivity contribution < 1.29 is 14.1 Å². The number of rotatable bonds is 6. The fraction of sp³-hybridized carbons (Fsp3) is 0.188. The summed E-state index contributed by atoms with van der Waals surface area (Å²) in [5.74, 6) is 0.604. The smallest absolute Gasteiger partial charge is 0.399 e. The molecule has 1 aromatic carbocycles. The Morgan fingerprint density at radius 3 is 2.92 bits per heavy atom. The van der Waals surface area contributed by atoms with Crippen LogP contribution in [0, 0.1) is 0 Å². The highest BCUT2D eigenvalue weighted by molar-refractivity contribution is 5.70. The third-order valence-electron chi connectivity index (χ3n) is 3.30. The predicted octanol–water partition coefficient (Wildman–Crippen LogP) is 2.30. The molecule has 3 rings (SSSR count). The molecule has 1 amide bonds. The van der Waals surface area contributed by atoms with Crippen LogP contribution in [0.2, 0.25) is 0 Å². The van der Waals surface area contributed by atoms with Crippen LogP contribution in [0.3, 0.4) is 0 Å². The van der Waals surface area contributed by atoms with Crippen LogP contribution in [-0.4, -0.2) is 27.3 Å². The van der Waals surface area contributed by atoms with E-state index in [1.54, 1.807) is 42.9 Å². The van der Waals surface area contributed by atoms with Gasteiger partial charge in [-0.05, 0) is 35.8 Å². The van der Waals surface area contributed by atoms with Gasteiger partial charge in [0.1, 0.15) is 0 Å². The minimum Gasteiger partial charge on any atom is -0.399 e. The molecule has 3 N–H and O–H groups in total. The van der Waals surface area contributed by atoms with Gasteiger partial charge in [0, 0.05) is 36.7 Å². The van der Waals surface area contributed by atoms with E-state index in [2.05, 4.69) is 15.5 Å². The second-order valence-electron chi connectivity index (χ2n) is 5.12. The van der Waals surface area contributed by atoms with E-state index in [-0.39, 0.29) is 5.88 Å². The van der Waals surface area contributed by atoms with E-state index in [0.717, 1.165) is 18.5 Å². The summed E-state index contributed by atoms with van der Waals surface area (Å²) in [5, 5.41) is 6.38. The van der Waals surface area contributed by atoms with Crippen LogP contribution in [-0.2, 0) is 6.54 Å². The van der Waals surface area contributed by atoms with Gasteiger partial charge < -0.3 is 24.9 Å². The maximum Gasteiger partial charge on any atom is 0.414 e. The average Bonchev–Trinajstić information content (AvgIpc) is 3.24. The third-order valence-corrected chi connectivity index (χ3v) is 3.30. The Bertz CT molecular complexity index is 780. The van der Waals surface area contributed by atoms with E-state index >= 15 is 0 Å². The van der Waals surface area contributed by atoms with Crippen molar-refractivity contribution in [3.05, 3.63) is 49.1 Å². The van der Waals surface area contributed by atoms with E-state index in [4.69, 9.17) is 15.0 Å². The predicted molar refractivity (Wildman–Crippen MR) is 87.2 cm³/mol. The highest BCUT2D eigenvalue weighted by Crippen LogP contribution is 2.24. The summed E-state index contributed by atoms with van der Waals surface area (Å²) in [6.45, 7) is 1.26. The highest BCUT2D eigenvalue weighted by Gasteiger charge is 2.11. The molecule has 8 heteroatoms. The quantitative estimate of drug-likeness (QED) is 0.531. The summed E-state index contributed by atoms with van der Waals surface area (Å²) in [7, 11) is 0. The minimum absolute atomic E-state index is 0.105. The lowest BCUT2D eigenvalue weighted by Crippen LogP contribution is -2.28. The Hall–Kier alpha value is -3.29. The monoisotopic (exact) mass is 327 g/mol. The lowest BCUT2D eigenvalue weighted by atomic mass is 10.1. The topological polar surface area (TPSA) is 108 Å². The molecule has 124 valence electrons. The number of anilines is 1. The average molecular weight is 327 g/mol. The van der Waals surface area contributed by atoms with Crippen molar-refractivity contribution in [3.63, 3.8) is 0 Å². The number of nitrogens with two attached hydrogens (primary N) is 1. The second-order valence-corrected chi connectivity index (χ2v) is 5.12. The number of ether oxygens (including phenoxy) is 1. The third kappa shape index (κ3) is 4.13. The molecule has 0 bridgehead atoms. The summed E-state index contributed by atoms with van der Waals surface area (Å²) in [6.07, 6.45) is 5.50. The van der Waals surface area contributed by atoms with Crippen molar-refractivity contribution in [2.75, 3.05) is 12.3 Å². The Balaban J connectivity index is 1.45. The standard InChI is InChI=1S/C16H17N5O3/c17-13-4-2-12(3-5-13)14-10-15(20-24-14)23-16(22)19-6-1-8-21-9-7-18-11-21/h2-5,7,9-11H,1,6,8,17H2,(H,19,22). The van der Waals surface area contributed by atoms with E-state index in [1.807, 2.05) is 10.8 Å². The highest BCUT2D eigenvalue weighted by atomic mass is 16.6. The molecule has 0 aliphatic rings. The summed E-state index contributed by atoms with van der Waals surface area (Å²) < 4.78 is 12.2.